The van der Waals surface area contributed by atoms with E-state index in [0.717, 1.165) is 50.3 Å². The highest BCUT2D eigenvalue weighted by atomic mass is 19.4. The molecule has 0 fully saturated rings. The normalized spacial score (nSPS) is 11.2. The standard InChI is InChI=1S/C55H25F3N8/c1-63-41-19-32(28-59)17-36(22-41)34-11-15-51-46(24-34)44-7-3-5-9-49(44)65(51)53-27-48(43-14-13-40(55(56,57)58)21-38(43)30-61)54(26-39(53)31-62)66-50-10-6-4-8-45(50)47-25-35(12-16-52(47)66)37-18-33(29-60)20-42(23-37)64-2/h3-27H. The van der Waals surface area contributed by atoms with E-state index in [-0.39, 0.29) is 16.7 Å². The van der Waals surface area contributed by atoms with Crippen LogP contribution in [0.4, 0.5) is 24.5 Å². The first kappa shape index (κ1) is 40.2. The van der Waals surface area contributed by atoms with Crippen LogP contribution in [0.3, 0.4) is 0 Å². The second-order valence-electron chi connectivity index (χ2n) is 15.5. The van der Waals surface area contributed by atoms with Crippen molar-refractivity contribution in [3.8, 4) is 69.0 Å². The number of fused-ring (bicyclic) bond motifs is 6. The summed E-state index contributed by atoms with van der Waals surface area (Å²) in [6.45, 7) is 15.2. The number of rotatable bonds is 5. The van der Waals surface area contributed by atoms with E-state index in [1.165, 1.54) is 18.2 Å². The van der Waals surface area contributed by atoms with E-state index in [0.29, 0.717) is 67.1 Å². The van der Waals surface area contributed by atoms with Crippen molar-refractivity contribution in [1.82, 2.24) is 9.13 Å². The van der Waals surface area contributed by atoms with E-state index in [2.05, 4.69) is 27.9 Å². The van der Waals surface area contributed by atoms with Crippen molar-refractivity contribution in [3.63, 3.8) is 0 Å². The van der Waals surface area contributed by atoms with Gasteiger partial charge in [0.05, 0.1) is 81.5 Å². The van der Waals surface area contributed by atoms with Crippen LogP contribution in [-0.2, 0) is 6.18 Å². The maximum atomic E-state index is 14.2. The molecule has 8 nitrogen and oxygen atoms in total. The summed E-state index contributed by atoms with van der Waals surface area (Å²) in [7, 11) is 0. The van der Waals surface area contributed by atoms with Crippen molar-refractivity contribution in [2.45, 2.75) is 6.18 Å². The van der Waals surface area contributed by atoms with Crippen molar-refractivity contribution in [2.75, 3.05) is 0 Å². The van der Waals surface area contributed by atoms with Crippen molar-refractivity contribution in [2.24, 2.45) is 0 Å². The molecule has 0 aliphatic heterocycles. The largest absolute Gasteiger partial charge is 0.416 e. The Balaban J connectivity index is 1.28. The molecule has 0 radical (unpaired) electrons. The van der Waals surface area contributed by atoms with Gasteiger partial charge < -0.3 is 9.13 Å². The predicted molar refractivity (Wildman–Crippen MR) is 248 cm³/mol. The minimum Gasteiger partial charge on any atom is -0.309 e. The molecule has 0 aliphatic carbocycles. The molecule has 11 heteroatoms. The molecule has 66 heavy (non-hydrogen) atoms. The number of aromatic nitrogens is 2. The number of para-hydroxylation sites is 2. The SMILES string of the molecule is [C-]#[N+]c1cc(C#N)cc(-c2ccc3c(c2)c2ccccc2n3-c2cc(-c3ccc(C(F)(F)F)cc3C#N)c(-n3c4ccccc4c4cc(-c5cc(C#N)cc([N+]#[C-])c5)ccc43)cc2C#N)c1. The van der Waals surface area contributed by atoms with Crippen LogP contribution in [0.2, 0.25) is 0 Å². The lowest BCUT2D eigenvalue weighted by Crippen LogP contribution is -2.07. The van der Waals surface area contributed by atoms with Gasteiger partial charge in [-0.15, -0.1) is 0 Å². The van der Waals surface area contributed by atoms with Gasteiger partial charge in [0.25, 0.3) is 0 Å². The van der Waals surface area contributed by atoms with Crippen LogP contribution >= 0.6 is 0 Å². The fourth-order valence-corrected chi connectivity index (χ4v) is 8.94. The molecule has 0 N–H and O–H groups in total. The summed E-state index contributed by atoms with van der Waals surface area (Å²) in [6.07, 6.45) is -4.72. The van der Waals surface area contributed by atoms with Gasteiger partial charge in [-0.2, -0.15) is 34.2 Å². The molecular formula is C55H25F3N8. The molecule has 10 aromatic rings. The molecule has 0 aliphatic rings. The summed E-state index contributed by atoms with van der Waals surface area (Å²) >= 11 is 0. The highest BCUT2D eigenvalue weighted by Gasteiger charge is 2.32. The molecule has 306 valence electrons. The van der Waals surface area contributed by atoms with Gasteiger partial charge in [0, 0.05) is 43.8 Å². The molecule has 0 amide bonds. The lowest BCUT2D eigenvalue weighted by atomic mass is 9.94. The fraction of sp³-hybridized carbons (Fsp3) is 0.0182. The zero-order valence-electron chi connectivity index (χ0n) is 34.1. The van der Waals surface area contributed by atoms with Crippen molar-refractivity contribution in [1.29, 1.82) is 21.0 Å². The number of hydrogen-bond donors (Lipinski definition) is 0. The predicted octanol–water partition coefficient (Wildman–Crippen LogP) is 14.5. The van der Waals surface area contributed by atoms with Crippen molar-refractivity contribution in [3.05, 3.63) is 202 Å². The summed E-state index contributed by atoms with van der Waals surface area (Å²) in [5.41, 5.74) is 7.48. The Labute approximate surface area is 374 Å². The molecule has 0 unspecified atom stereocenters. The first-order chi connectivity index (χ1) is 32.0. The molecule has 0 saturated heterocycles. The van der Waals surface area contributed by atoms with Crippen LogP contribution in [0.1, 0.15) is 27.8 Å². The summed E-state index contributed by atoms with van der Waals surface area (Å²) in [5, 5.41) is 44.3. The third-order valence-electron chi connectivity index (χ3n) is 11.8. The third-order valence-corrected chi connectivity index (χ3v) is 11.8. The van der Waals surface area contributed by atoms with E-state index in [1.807, 2.05) is 100 Å². The Morgan fingerprint density at radius 3 is 1.41 bits per heavy atom. The Morgan fingerprint density at radius 2 is 0.924 bits per heavy atom. The minimum absolute atomic E-state index is 0.213. The van der Waals surface area contributed by atoms with Crippen LogP contribution in [0.15, 0.2) is 152 Å². The number of alkyl halides is 3. The zero-order chi connectivity index (χ0) is 45.9. The summed E-state index contributed by atoms with van der Waals surface area (Å²) in [4.78, 5) is 7.12. The van der Waals surface area contributed by atoms with Crippen LogP contribution in [0, 0.1) is 58.5 Å². The molecule has 2 aromatic heterocycles. The summed E-state index contributed by atoms with van der Waals surface area (Å²) in [6, 6.07) is 51.8. The number of nitriles is 4. The lowest BCUT2D eigenvalue weighted by Gasteiger charge is -2.20. The molecular weight excluding hydrogens is 830 g/mol. The van der Waals surface area contributed by atoms with Crippen molar-refractivity contribution >= 4 is 55.0 Å². The number of benzene rings is 8. The maximum Gasteiger partial charge on any atom is 0.416 e. The van der Waals surface area contributed by atoms with E-state index >= 15 is 0 Å². The molecule has 10 rings (SSSR count). The molecule has 0 bridgehead atoms. The summed E-state index contributed by atoms with van der Waals surface area (Å²) < 4.78 is 46.4. The molecule has 0 spiro atoms. The number of hydrogen-bond acceptors (Lipinski definition) is 4. The Morgan fingerprint density at radius 1 is 0.424 bits per heavy atom. The van der Waals surface area contributed by atoms with Gasteiger partial charge in [-0.3, -0.25) is 0 Å². The second kappa shape index (κ2) is 15.5. The fourth-order valence-electron chi connectivity index (χ4n) is 8.94. The quantitative estimate of drug-likeness (QED) is 0.160. The van der Waals surface area contributed by atoms with Gasteiger partial charge >= 0.3 is 6.18 Å². The topological polar surface area (TPSA) is 114 Å². The van der Waals surface area contributed by atoms with E-state index in [1.54, 1.807) is 36.4 Å². The molecule has 2 heterocycles. The first-order valence-electron chi connectivity index (χ1n) is 20.2. The zero-order valence-corrected chi connectivity index (χ0v) is 34.1. The van der Waals surface area contributed by atoms with Gasteiger partial charge in [-0.05, 0) is 119 Å². The Hall–Kier alpha value is -9.91. The highest BCUT2D eigenvalue weighted by Crippen LogP contribution is 2.44. The van der Waals surface area contributed by atoms with E-state index < -0.39 is 11.7 Å². The van der Waals surface area contributed by atoms with Crippen molar-refractivity contribution < 1.29 is 13.2 Å². The Bertz CT molecular complexity index is 3950. The van der Waals surface area contributed by atoms with Gasteiger partial charge in [-0.25, -0.2) is 9.69 Å². The highest BCUT2D eigenvalue weighted by molar-refractivity contribution is 6.12. The second-order valence-corrected chi connectivity index (χ2v) is 15.5. The molecule has 8 aromatic carbocycles. The van der Waals surface area contributed by atoms with E-state index in [9.17, 15) is 34.2 Å². The van der Waals surface area contributed by atoms with Gasteiger partial charge in [0.2, 0.25) is 0 Å². The van der Waals surface area contributed by atoms with Gasteiger partial charge in [0.15, 0.2) is 11.4 Å². The third kappa shape index (κ3) is 6.51. The summed E-state index contributed by atoms with van der Waals surface area (Å²) in [5.74, 6) is 0. The molecule has 0 atom stereocenters. The van der Waals surface area contributed by atoms with Gasteiger partial charge in [0.1, 0.15) is 6.07 Å². The molecule has 0 saturated carbocycles. The van der Waals surface area contributed by atoms with Crippen LogP contribution in [0.25, 0.3) is 98.1 Å². The average Bonchev–Trinajstić information content (AvgIpc) is 3.87. The number of halogens is 3. The minimum atomic E-state index is -4.72. The number of nitrogens with zero attached hydrogens (tertiary/aromatic N) is 8. The van der Waals surface area contributed by atoms with E-state index in [4.69, 9.17) is 13.1 Å². The smallest absolute Gasteiger partial charge is 0.309 e. The monoisotopic (exact) mass is 854 g/mol. The maximum absolute atomic E-state index is 14.2. The van der Waals surface area contributed by atoms with Gasteiger partial charge in [-0.1, -0.05) is 54.6 Å². The first-order valence-corrected chi connectivity index (χ1v) is 20.2. The Kier molecular flexibility index (Phi) is 9.41. The van der Waals surface area contributed by atoms with Crippen LogP contribution in [0.5, 0.6) is 0 Å². The lowest BCUT2D eigenvalue weighted by molar-refractivity contribution is -0.137. The van der Waals surface area contributed by atoms with Crippen LogP contribution < -0.4 is 0 Å². The average molecular weight is 855 g/mol. The van der Waals surface area contributed by atoms with Crippen LogP contribution in [-0.4, -0.2) is 9.13 Å².